The average molecular weight is 261 g/mol. The Morgan fingerprint density at radius 2 is 2.16 bits per heavy atom. The second-order valence-corrected chi connectivity index (χ2v) is 5.91. The van der Waals surface area contributed by atoms with Crippen LogP contribution in [0.1, 0.15) is 51.0 Å². The third kappa shape index (κ3) is 4.29. The molecule has 1 aliphatic carbocycles. The van der Waals surface area contributed by atoms with Crippen molar-refractivity contribution in [2.45, 2.75) is 57.9 Å². The normalized spacial score (nSPS) is 25.2. The van der Waals surface area contributed by atoms with Crippen molar-refractivity contribution in [1.82, 2.24) is 10.4 Å². The lowest BCUT2D eigenvalue weighted by Crippen LogP contribution is -2.43. The van der Waals surface area contributed by atoms with E-state index in [1.807, 2.05) is 18.5 Å². The van der Waals surface area contributed by atoms with Crippen LogP contribution in [0.3, 0.4) is 0 Å². The van der Waals surface area contributed by atoms with Crippen molar-refractivity contribution >= 4 is 0 Å². The van der Waals surface area contributed by atoms with Gasteiger partial charge in [-0.1, -0.05) is 38.7 Å². The highest BCUT2D eigenvalue weighted by molar-refractivity contribution is 5.10. The molecule has 0 radical (unpaired) electrons. The van der Waals surface area contributed by atoms with Gasteiger partial charge in [0.05, 0.1) is 0 Å². The summed E-state index contributed by atoms with van der Waals surface area (Å²) in [5, 5.41) is 0. The van der Waals surface area contributed by atoms with E-state index in [1.165, 1.54) is 44.1 Å². The van der Waals surface area contributed by atoms with Crippen LogP contribution in [0.15, 0.2) is 24.5 Å². The van der Waals surface area contributed by atoms with Gasteiger partial charge < -0.3 is 0 Å². The standard InChI is InChI=1S/C16H27N3/c1-2-4-13-6-8-15(9-7-13)16(19-17)11-14-5-3-10-18-12-14/h3,5,10,12-13,15-16,19H,2,4,6-9,11,17H2,1H3. The van der Waals surface area contributed by atoms with E-state index < -0.39 is 0 Å². The quantitative estimate of drug-likeness (QED) is 0.611. The Hall–Kier alpha value is -0.930. The maximum absolute atomic E-state index is 5.77. The molecule has 0 aliphatic heterocycles. The third-order valence-corrected chi connectivity index (χ3v) is 4.55. The van der Waals surface area contributed by atoms with Gasteiger partial charge in [-0.15, -0.1) is 0 Å². The van der Waals surface area contributed by atoms with Crippen molar-refractivity contribution in [3.63, 3.8) is 0 Å². The summed E-state index contributed by atoms with van der Waals surface area (Å²) < 4.78 is 0. The van der Waals surface area contributed by atoms with E-state index in [4.69, 9.17) is 5.84 Å². The number of hydrazine groups is 1. The Morgan fingerprint density at radius 3 is 2.74 bits per heavy atom. The number of nitrogens with one attached hydrogen (secondary N) is 1. The Bertz CT molecular complexity index is 344. The van der Waals surface area contributed by atoms with Gasteiger partial charge >= 0.3 is 0 Å². The second kappa shape index (κ2) is 7.61. The van der Waals surface area contributed by atoms with Crippen LogP contribution in [0.5, 0.6) is 0 Å². The molecule has 3 heteroatoms. The molecule has 1 fully saturated rings. The van der Waals surface area contributed by atoms with E-state index in [9.17, 15) is 0 Å². The Balaban J connectivity index is 1.85. The summed E-state index contributed by atoms with van der Waals surface area (Å²) in [6.07, 6.45) is 12.9. The van der Waals surface area contributed by atoms with Crippen LogP contribution < -0.4 is 11.3 Å². The largest absolute Gasteiger partial charge is 0.271 e. The first-order valence-electron chi connectivity index (χ1n) is 7.68. The van der Waals surface area contributed by atoms with Gasteiger partial charge in [-0.3, -0.25) is 16.3 Å². The van der Waals surface area contributed by atoms with E-state index in [-0.39, 0.29) is 0 Å². The molecule has 0 saturated heterocycles. The molecule has 3 N–H and O–H groups in total. The minimum atomic E-state index is 0.395. The fourth-order valence-corrected chi connectivity index (χ4v) is 3.42. The van der Waals surface area contributed by atoms with E-state index in [2.05, 4.69) is 23.4 Å². The van der Waals surface area contributed by atoms with Crippen molar-refractivity contribution in [3.8, 4) is 0 Å². The number of hydrogen-bond acceptors (Lipinski definition) is 3. The molecule has 1 aliphatic rings. The van der Waals surface area contributed by atoms with Gasteiger partial charge in [0.15, 0.2) is 0 Å². The summed E-state index contributed by atoms with van der Waals surface area (Å²) in [7, 11) is 0. The molecule has 3 nitrogen and oxygen atoms in total. The lowest BCUT2D eigenvalue weighted by molar-refractivity contribution is 0.213. The number of nitrogens with zero attached hydrogens (tertiary/aromatic N) is 1. The Labute approximate surface area is 117 Å². The molecule has 19 heavy (non-hydrogen) atoms. The van der Waals surface area contributed by atoms with Crippen LogP contribution in [0.25, 0.3) is 0 Å². The highest BCUT2D eigenvalue weighted by Gasteiger charge is 2.26. The van der Waals surface area contributed by atoms with Gasteiger partial charge in [0.1, 0.15) is 0 Å². The number of nitrogens with two attached hydrogens (primary N) is 1. The van der Waals surface area contributed by atoms with Gasteiger partial charge in [0.25, 0.3) is 0 Å². The van der Waals surface area contributed by atoms with E-state index in [0.29, 0.717) is 6.04 Å². The predicted octanol–water partition coefficient (Wildman–Crippen LogP) is 3.06. The molecule has 1 saturated carbocycles. The van der Waals surface area contributed by atoms with Gasteiger partial charge in [0.2, 0.25) is 0 Å². The third-order valence-electron chi connectivity index (χ3n) is 4.55. The van der Waals surface area contributed by atoms with Gasteiger partial charge in [-0.25, -0.2) is 0 Å². The molecule has 0 aromatic carbocycles. The molecule has 0 spiro atoms. The van der Waals surface area contributed by atoms with Crippen molar-refractivity contribution in [2.75, 3.05) is 0 Å². The highest BCUT2D eigenvalue weighted by atomic mass is 15.2. The van der Waals surface area contributed by atoms with Crippen molar-refractivity contribution in [1.29, 1.82) is 0 Å². The van der Waals surface area contributed by atoms with Gasteiger partial charge in [-0.2, -0.15) is 0 Å². The van der Waals surface area contributed by atoms with E-state index in [0.717, 1.165) is 18.3 Å². The summed E-state index contributed by atoms with van der Waals surface area (Å²) in [5.41, 5.74) is 4.32. The average Bonchev–Trinajstić information content (AvgIpc) is 2.47. The number of hydrogen-bond donors (Lipinski definition) is 2. The molecule has 106 valence electrons. The second-order valence-electron chi connectivity index (χ2n) is 5.91. The minimum Gasteiger partial charge on any atom is -0.271 e. The predicted molar refractivity (Wildman–Crippen MR) is 79.4 cm³/mol. The molecule has 0 bridgehead atoms. The van der Waals surface area contributed by atoms with Gasteiger partial charge in [-0.05, 0) is 42.7 Å². The van der Waals surface area contributed by atoms with E-state index >= 15 is 0 Å². The maximum atomic E-state index is 5.77. The number of pyridine rings is 1. The Kier molecular flexibility index (Phi) is 5.80. The van der Waals surface area contributed by atoms with Crippen molar-refractivity contribution < 1.29 is 0 Å². The molecule has 1 heterocycles. The smallest absolute Gasteiger partial charge is 0.0300 e. The maximum Gasteiger partial charge on any atom is 0.0300 e. The highest BCUT2D eigenvalue weighted by Crippen LogP contribution is 2.33. The molecule has 1 aromatic rings. The van der Waals surface area contributed by atoms with Crippen LogP contribution in [0.2, 0.25) is 0 Å². The fraction of sp³-hybridized carbons (Fsp3) is 0.688. The van der Waals surface area contributed by atoms with Crippen LogP contribution >= 0.6 is 0 Å². The molecule has 1 unspecified atom stereocenters. The summed E-state index contributed by atoms with van der Waals surface area (Å²) in [6, 6.07) is 4.54. The lowest BCUT2D eigenvalue weighted by atomic mass is 9.76. The minimum absolute atomic E-state index is 0.395. The Morgan fingerprint density at radius 1 is 1.37 bits per heavy atom. The molecule has 1 atom stereocenters. The first-order chi connectivity index (χ1) is 9.33. The lowest BCUT2D eigenvalue weighted by Gasteiger charge is -2.33. The topological polar surface area (TPSA) is 50.9 Å². The molecular formula is C16H27N3. The molecule has 2 rings (SSSR count). The van der Waals surface area contributed by atoms with Crippen LogP contribution in [0, 0.1) is 11.8 Å². The first-order valence-corrected chi connectivity index (χ1v) is 7.68. The van der Waals surface area contributed by atoms with E-state index in [1.54, 1.807) is 0 Å². The summed E-state index contributed by atoms with van der Waals surface area (Å²) in [6.45, 7) is 2.29. The van der Waals surface area contributed by atoms with Crippen molar-refractivity contribution in [2.24, 2.45) is 17.7 Å². The van der Waals surface area contributed by atoms with Crippen molar-refractivity contribution in [3.05, 3.63) is 30.1 Å². The number of aromatic nitrogens is 1. The number of rotatable bonds is 6. The van der Waals surface area contributed by atoms with Gasteiger partial charge in [0, 0.05) is 18.4 Å². The zero-order chi connectivity index (χ0) is 13.5. The van der Waals surface area contributed by atoms with Crippen LogP contribution in [-0.4, -0.2) is 11.0 Å². The molecular weight excluding hydrogens is 234 g/mol. The van der Waals surface area contributed by atoms with Crippen LogP contribution in [0.4, 0.5) is 0 Å². The molecule has 1 aromatic heterocycles. The van der Waals surface area contributed by atoms with Crippen LogP contribution in [-0.2, 0) is 6.42 Å². The summed E-state index contributed by atoms with van der Waals surface area (Å²) in [4.78, 5) is 4.18. The zero-order valence-electron chi connectivity index (χ0n) is 12.0. The zero-order valence-corrected chi connectivity index (χ0v) is 12.0. The monoisotopic (exact) mass is 261 g/mol. The summed E-state index contributed by atoms with van der Waals surface area (Å²) >= 11 is 0. The summed E-state index contributed by atoms with van der Waals surface area (Å²) in [5.74, 6) is 7.45. The molecule has 0 amide bonds. The SMILES string of the molecule is CCCC1CCC(C(Cc2cccnc2)NN)CC1. The first kappa shape index (κ1) is 14.5. The fourth-order valence-electron chi connectivity index (χ4n) is 3.42.